The summed E-state index contributed by atoms with van der Waals surface area (Å²) in [5.74, 6) is 1.19. The largest absolute Gasteiger partial charge is 0.508 e. The van der Waals surface area contributed by atoms with Crippen molar-refractivity contribution in [3.63, 3.8) is 0 Å². The molecule has 4 rings (SSSR count). The van der Waals surface area contributed by atoms with E-state index in [1.807, 2.05) is 12.1 Å². The fourth-order valence-corrected chi connectivity index (χ4v) is 4.94. The lowest BCUT2D eigenvalue weighted by Gasteiger charge is -2.26. The Labute approximate surface area is 160 Å². The lowest BCUT2D eigenvalue weighted by atomic mass is 9.89. The van der Waals surface area contributed by atoms with Crippen LogP contribution in [0.15, 0.2) is 48.5 Å². The molecule has 1 heterocycles. The van der Waals surface area contributed by atoms with Crippen LogP contribution in [0.1, 0.15) is 34.3 Å². The Hall–Kier alpha value is -2.17. The van der Waals surface area contributed by atoms with E-state index in [9.17, 15) is 15.0 Å². The predicted octanol–water partition coefficient (Wildman–Crippen LogP) is 3.20. The molecule has 3 atom stereocenters. The lowest BCUT2D eigenvalue weighted by molar-refractivity contribution is 0.0354. The van der Waals surface area contributed by atoms with Crippen molar-refractivity contribution < 1.29 is 15.0 Å². The Balaban J connectivity index is 1.34. The summed E-state index contributed by atoms with van der Waals surface area (Å²) in [4.78, 5) is 14.7. The molecule has 2 aromatic carbocycles. The highest BCUT2D eigenvalue weighted by molar-refractivity contribution is 5.97. The van der Waals surface area contributed by atoms with Crippen LogP contribution >= 0.6 is 0 Å². The molecule has 1 aliphatic heterocycles. The maximum Gasteiger partial charge on any atom is 0.176 e. The SMILES string of the molecule is Cc1ccccc1C[C@@]1(O)C[C@H]2CN(CC(=O)c3ccc(O)cc3)C[C@H]2C1. The van der Waals surface area contributed by atoms with Crippen LogP contribution in [0.25, 0.3) is 0 Å². The number of phenols is 1. The van der Waals surface area contributed by atoms with Crippen molar-refractivity contribution in [1.82, 2.24) is 4.90 Å². The van der Waals surface area contributed by atoms with Gasteiger partial charge in [-0.2, -0.15) is 0 Å². The van der Waals surface area contributed by atoms with Crippen LogP contribution in [0.3, 0.4) is 0 Å². The molecule has 2 aliphatic rings. The zero-order valence-corrected chi connectivity index (χ0v) is 15.8. The first-order valence-electron chi connectivity index (χ1n) is 9.73. The molecule has 1 saturated heterocycles. The van der Waals surface area contributed by atoms with E-state index in [4.69, 9.17) is 0 Å². The van der Waals surface area contributed by atoms with E-state index in [0.717, 1.165) is 32.4 Å². The first-order valence-corrected chi connectivity index (χ1v) is 9.73. The number of carbonyl (C=O) groups is 1. The van der Waals surface area contributed by atoms with E-state index in [2.05, 4.69) is 24.0 Å². The van der Waals surface area contributed by atoms with Gasteiger partial charge in [0.25, 0.3) is 0 Å². The summed E-state index contributed by atoms with van der Waals surface area (Å²) in [5, 5.41) is 20.5. The number of aryl methyl sites for hydroxylation is 1. The number of benzene rings is 2. The summed E-state index contributed by atoms with van der Waals surface area (Å²) in [6.07, 6.45) is 2.35. The molecule has 142 valence electrons. The van der Waals surface area contributed by atoms with Gasteiger partial charge in [-0.25, -0.2) is 0 Å². The molecule has 1 saturated carbocycles. The predicted molar refractivity (Wildman–Crippen MR) is 105 cm³/mol. The van der Waals surface area contributed by atoms with Crippen molar-refractivity contribution >= 4 is 5.78 Å². The molecule has 0 aromatic heterocycles. The van der Waals surface area contributed by atoms with Gasteiger partial charge in [-0.15, -0.1) is 0 Å². The Morgan fingerprint density at radius 3 is 2.33 bits per heavy atom. The minimum absolute atomic E-state index is 0.0881. The Morgan fingerprint density at radius 2 is 1.70 bits per heavy atom. The number of phenolic OH excluding ortho intramolecular Hbond substituents is 1. The molecule has 27 heavy (non-hydrogen) atoms. The van der Waals surface area contributed by atoms with Gasteiger partial charge in [0.1, 0.15) is 5.75 Å². The molecule has 0 unspecified atom stereocenters. The first kappa shape index (κ1) is 18.2. The molecular formula is C23H27NO3. The zero-order valence-electron chi connectivity index (χ0n) is 15.8. The highest BCUT2D eigenvalue weighted by Gasteiger charge is 2.48. The van der Waals surface area contributed by atoms with Gasteiger partial charge in [0, 0.05) is 25.1 Å². The molecule has 0 spiro atoms. The molecule has 2 N–H and O–H groups in total. The third-order valence-electron chi connectivity index (χ3n) is 6.27. The number of Topliss-reactive ketones (excluding diaryl/α,β-unsaturated/α-hetero) is 1. The fourth-order valence-electron chi connectivity index (χ4n) is 4.94. The van der Waals surface area contributed by atoms with Crippen LogP contribution in [0, 0.1) is 18.8 Å². The van der Waals surface area contributed by atoms with Gasteiger partial charge >= 0.3 is 0 Å². The van der Waals surface area contributed by atoms with Gasteiger partial charge in [-0.05, 0) is 67.0 Å². The summed E-state index contributed by atoms with van der Waals surface area (Å²) in [5.41, 5.74) is 2.50. The normalized spacial score (nSPS) is 27.6. The van der Waals surface area contributed by atoms with Gasteiger partial charge in [0.15, 0.2) is 5.78 Å². The van der Waals surface area contributed by atoms with Crippen LogP contribution in [-0.2, 0) is 6.42 Å². The highest BCUT2D eigenvalue weighted by Crippen LogP contribution is 2.45. The molecular weight excluding hydrogens is 338 g/mol. The van der Waals surface area contributed by atoms with Gasteiger partial charge in [-0.3, -0.25) is 9.69 Å². The minimum atomic E-state index is -0.617. The van der Waals surface area contributed by atoms with Gasteiger partial charge in [0.2, 0.25) is 0 Å². The molecule has 4 heteroatoms. The van der Waals surface area contributed by atoms with Crippen molar-refractivity contribution in [3.8, 4) is 5.75 Å². The number of hydrogen-bond acceptors (Lipinski definition) is 4. The zero-order chi connectivity index (χ0) is 19.0. The summed E-state index contributed by atoms with van der Waals surface area (Å²) in [6, 6.07) is 14.8. The summed E-state index contributed by atoms with van der Waals surface area (Å²) >= 11 is 0. The summed E-state index contributed by atoms with van der Waals surface area (Å²) in [6.45, 7) is 4.27. The molecule has 0 radical (unpaired) electrons. The number of ketones is 1. The molecule has 2 fully saturated rings. The number of aliphatic hydroxyl groups is 1. The number of fused-ring (bicyclic) bond motifs is 1. The van der Waals surface area contributed by atoms with Gasteiger partial charge < -0.3 is 10.2 Å². The second kappa shape index (κ2) is 7.10. The van der Waals surface area contributed by atoms with Crippen molar-refractivity contribution in [2.45, 2.75) is 31.8 Å². The number of carbonyl (C=O) groups excluding carboxylic acids is 1. The molecule has 4 nitrogen and oxygen atoms in total. The monoisotopic (exact) mass is 365 g/mol. The third-order valence-corrected chi connectivity index (χ3v) is 6.27. The van der Waals surface area contributed by atoms with Crippen molar-refractivity contribution in [2.75, 3.05) is 19.6 Å². The van der Waals surface area contributed by atoms with Crippen LogP contribution in [0.4, 0.5) is 0 Å². The van der Waals surface area contributed by atoms with E-state index in [1.54, 1.807) is 24.3 Å². The van der Waals surface area contributed by atoms with Crippen LogP contribution < -0.4 is 0 Å². The topological polar surface area (TPSA) is 60.8 Å². The second-order valence-electron chi connectivity index (χ2n) is 8.42. The van der Waals surface area contributed by atoms with E-state index >= 15 is 0 Å². The molecule has 2 aromatic rings. The number of hydrogen-bond donors (Lipinski definition) is 2. The Morgan fingerprint density at radius 1 is 1.07 bits per heavy atom. The van der Waals surface area contributed by atoms with Crippen molar-refractivity contribution in [1.29, 1.82) is 0 Å². The van der Waals surface area contributed by atoms with E-state index in [-0.39, 0.29) is 11.5 Å². The summed E-state index contributed by atoms with van der Waals surface area (Å²) in [7, 11) is 0. The smallest absolute Gasteiger partial charge is 0.176 e. The lowest BCUT2D eigenvalue weighted by Crippen LogP contribution is -2.34. The number of aromatic hydroxyl groups is 1. The fraction of sp³-hybridized carbons (Fsp3) is 0.435. The number of nitrogens with zero attached hydrogens (tertiary/aromatic N) is 1. The average molecular weight is 365 g/mol. The van der Waals surface area contributed by atoms with Crippen molar-refractivity contribution in [3.05, 3.63) is 65.2 Å². The van der Waals surface area contributed by atoms with Crippen LogP contribution in [0.2, 0.25) is 0 Å². The maximum atomic E-state index is 12.5. The van der Waals surface area contributed by atoms with Gasteiger partial charge in [-0.1, -0.05) is 24.3 Å². The first-order chi connectivity index (χ1) is 12.9. The Kier molecular flexibility index (Phi) is 4.79. The summed E-state index contributed by atoms with van der Waals surface area (Å²) < 4.78 is 0. The van der Waals surface area contributed by atoms with E-state index in [0.29, 0.717) is 23.9 Å². The minimum Gasteiger partial charge on any atom is -0.508 e. The number of likely N-dealkylation sites (tertiary alicyclic amines) is 1. The number of rotatable bonds is 5. The molecule has 1 aliphatic carbocycles. The quantitative estimate of drug-likeness (QED) is 0.799. The van der Waals surface area contributed by atoms with Crippen molar-refractivity contribution in [2.24, 2.45) is 11.8 Å². The van der Waals surface area contributed by atoms with Crippen LogP contribution in [0.5, 0.6) is 5.75 Å². The van der Waals surface area contributed by atoms with Gasteiger partial charge in [0.05, 0.1) is 12.1 Å². The Bertz CT molecular complexity index is 816. The van der Waals surface area contributed by atoms with E-state index in [1.165, 1.54) is 11.1 Å². The second-order valence-corrected chi connectivity index (χ2v) is 8.42. The van der Waals surface area contributed by atoms with Crippen LogP contribution in [-0.4, -0.2) is 46.1 Å². The average Bonchev–Trinajstić information content (AvgIpc) is 3.11. The standard InChI is InChI=1S/C23H27NO3/c1-16-4-2-3-5-18(16)10-23(27)11-19-13-24(14-20(19)12-23)15-22(26)17-6-8-21(25)9-7-17/h2-9,19-20,25,27H,10-15H2,1H3/t19-,20+,23+. The maximum absolute atomic E-state index is 12.5. The van der Waals surface area contributed by atoms with E-state index < -0.39 is 5.60 Å². The molecule has 0 amide bonds. The highest BCUT2D eigenvalue weighted by atomic mass is 16.3. The molecule has 0 bridgehead atoms. The third kappa shape index (κ3) is 3.92.